The lowest BCUT2D eigenvalue weighted by atomic mass is 9.87. The van der Waals surface area contributed by atoms with Crippen molar-refractivity contribution in [2.24, 2.45) is 5.73 Å². The van der Waals surface area contributed by atoms with E-state index in [1.807, 2.05) is 36.4 Å². The van der Waals surface area contributed by atoms with Crippen molar-refractivity contribution in [1.82, 2.24) is 0 Å². The molecule has 2 rings (SSSR count). The third-order valence-electron chi connectivity index (χ3n) is 3.40. The van der Waals surface area contributed by atoms with Crippen LogP contribution in [0.1, 0.15) is 37.5 Å². The Morgan fingerprint density at radius 3 is 2.48 bits per heavy atom. The second-order valence-electron chi connectivity index (χ2n) is 6.14. The van der Waals surface area contributed by atoms with Gasteiger partial charge in [0.2, 0.25) is 0 Å². The first-order valence-corrected chi connectivity index (χ1v) is 7.03. The highest BCUT2D eigenvalue weighted by Gasteiger charge is 2.14. The Morgan fingerprint density at radius 1 is 1.10 bits per heavy atom. The fourth-order valence-electron chi connectivity index (χ4n) is 2.12. The van der Waals surface area contributed by atoms with Crippen LogP contribution in [0.2, 0.25) is 0 Å². The van der Waals surface area contributed by atoms with Crippen LogP contribution in [0.4, 0.5) is 0 Å². The van der Waals surface area contributed by atoms with Crippen molar-refractivity contribution in [2.45, 2.75) is 32.8 Å². The number of nitrogen functional groups attached to an aromatic ring is 1. The van der Waals surface area contributed by atoms with E-state index < -0.39 is 0 Å². The lowest BCUT2D eigenvalue weighted by molar-refractivity contribution is 0.305. The quantitative estimate of drug-likeness (QED) is 0.661. The zero-order valence-corrected chi connectivity index (χ0v) is 12.8. The van der Waals surface area contributed by atoms with Gasteiger partial charge in [0.15, 0.2) is 0 Å². The monoisotopic (exact) mass is 282 g/mol. The molecule has 3 heteroatoms. The van der Waals surface area contributed by atoms with Gasteiger partial charge < -0.3 is 10.5 Å². The molecule has 110 valence electrons. The Balaban J connectivity index is 2.16. The standard InChI is InChI=1S/C18H22N2O/c1-18(2,3)14-8-6-9-15(11-14)21-12-13-7-4-5-10-16(13)17(19)20/h4-11H,12H2,1-3H3,(H3,19,20). The number of nitrogens with one attached hydrogen (secondary N) is 1. The summed E-state index contributed by atoms with van der Waals surface area (Å²) in [4.78, 5) is 0. The molecule has 21 heavy (non-hydrogen) atoms. The Kier molecular flexibility index (Phi) is 4.32. The highest BCUT2D eigenvalue weighted by Crippen LogP contribution is 2.26. The smallest absolute Gasteiger partial charge is 0.123 e. The fraction of sp³-hybridized carbons (Fsp3) is 0.278. The van der Waals surface area contributed by atoms with Gasteiger partial charge in [0, 0.05) is 11.1 Å². The molecule has 3 nitrogen and oxygen atoms in total. The first-order valence-electron chi connectivity index (χ1n) is 7.03. The van der Waals surface area contributed by atoms with Gasteiger partial charge in [0.05, 0.1) is 0 Å². The summed E-state index contributed by atoms with van der Waals surface area (Å²) in [5, 5.41) is 7.60. The van der Waals surface area contributed by atoms with E-state index in [1.165, 1.54) is 5.56 Å². The molecule has 0 radical (unpaired) electrons. The summed E-state index contributed by atoms with van der Waals surface area (Å²) in [7, 11) is 0. The normalized spacial score (nSPS) is 11.2. The molecule has 0 saturated heterocycles. The maximum Gasteiger partial charge on any atom is 0.123 e. The van der Waals surface area contributed by atoms with Crippen molar-refractivity contribution in [2.75, 3.05) is 0 Å². The predicted molar refractivity (Wildman–Crippen MR) is 86.9 cm³/mol. The lowest BCUT2D eigenvalue weighted by Gasteiger charge is -2.20. The Hall–Kier alpha value is -2.29. The van der Waals surface area contributed by atoms with Crippen LogP contribution in [-0.4, -0.2) is 5.84 Å². The van der Waals surface area contributed by atoms with Gasteiger partial charge in [-0.25, -0.2) is 0 Å². The molecule has 0 atom stereocenters. The van der Waals surface area contributed by atoms with Crippen LogP contribution in [0.25, 0.3) is 0 Å². The molecule has 0 aliphatic rings. The maximum absolute atomic E-state index is 7.60. The summed E-state index contributed by atoms with van der Waals surface area (Å²) in [5.74, 6) is 0.901. The molecular weight excluding hydrogens is 260 g/mol. The highest BCUT2D eigenvalue weighted by molar-refractivity contribution is 5.96. The van der Waals surface area contributed by atoms with Gasteiger partial charge >= 0.3 is 0 Å². The van der Waals surface area contributed by atoms with E-state index >= 15 is 0 Å². The van der Waals surface area contributed by atoms with Crippen molar-refractivity contribution in [1.29, 1.82) is 5.41 Å². The zero-order chi connectivity index (χ0) is 15.5. The van der Waals surface area contributed by atoms with Crippen molar-refractivity contribution in [3.05, 3.63) is 65.2 Å². The topological polar surface area (TPSA) is 59.1 Å². The highest BCUT2D eigenvalue weighted by atomic mass is 16.5. The van der Waals surface area contributed by atoms with Crippen LogP contribution < -0.4 is 10.5 Å². The predicted octanol–water partition coefficient (Wildman–Crippen LogP) is 3.85. The van der Waals surface area contributed by atoms with Crippen LogP contribution >= 0.6 is 0 Å². The number of rotatable bonds is 4. The molecule has 0 aliphatic heterocycles. The molecule has 0 heterocycles. The number of ether oxygens (including phenoxy) is 1. The second-order valence-corrected chi connectivity index (χ2v) is 6.14. The zero-order valence-electron chi connectivity index (χ0n) is 12.8. The van der Waals surface area contributed by atoms with E-state index in [0.29, 0.717) is 6.61 Å². The first kappa shape index (κ1) is 15.1. The van der Waals surface area contributed by atoms with E-state index in [4.69, 9.17) is 15.9 Å². The third-order valence-corrected chi connectivity index (χ3v) is 3.40. The van der Waals surface area contributed by atoms with Crippen LogP contribution in [0, 0.1) is 5.41 Å². The molecule has 0 aromatic heterocycles. The van der Waals surface area contributed by atoms with Crippen molar-refractivity contribution in [3.63, 3.8) is 0 Å². The van der Waals surface area contributed by atoms with Gasteiger partial charge in [0.25, 0.3) is 0 Å². The second kappa shape index (κ2) is 6.00. The average Bonchev–Trinajstić information content (AvgIpc) is 2.45. The average molecular weight is 282 g/mol. The minimum atomic E-state index is 0.0673. The summed E-state index contributed by atoms with van der Waals surface area (Å²) in [6.45, 7) is 6.94. The molecule has 2 aromatic carbocycles. The summed E-state index contributed by atoms with van der Waals surface area (Å²) in [6, 6.07) is 15.7. The van der Waals surface area contributed by atoms with Crippen molar-refractivity contribution < 1.29 is 4.74 Å². The van der Waals surface area contributed by atoms with Gasteiger partial charge in [-0.15, -0.1) is 0 Å². The molecule has 0 bridgehead atoms. The number of hydrogen-bond acceptors (Lipinski definition) is 2. The number of hydrogen-bond donors (Lipinski definition) is 2. The Labute approximate surface area is 126 Å². The van der Waals surface area contributed by atoms with Crippen LogP contribution in [0.5, 0.6) is 5.75 Å². The van der Waals surface area contributed by atoms with E-state index in [2.05, 4.69) is 32.9 Å². The fourth-order valence-corrected chi connectivity index (χ4v) is 2.12. The van der Waals surface area contributed by atoms with E-state index in [9.17, 15) is 0 Å². The van der Waals surface area contributed by atoms with Crippen LogP contribution in [-0.2, 0) is 12.0 Å². The number of amidine groups is 1. The molecule has 3 N–H and O–H groups in total. The van der Waals surface area contributed by atoms with E-state index in [0.717, 1.165) is 16.9 Å². The van der Waals surface area contributed by atoms with E-state index in [-0.39, 0.29) is 11.3 Å². The van der Waals surface area contributed by atoms with Gasteiger partial charge in [-0.1, -0.05) is 57.2 Å². The summed E-state index contributed by atoms with van der Waals surface area (Å²) in [6.07, 6.45) is 0. The van der Waals surface area contributed by atoms with Crippen LogP contribution in [0.3, 0.4) is 0 Å². The molecule has 0 saturated carbocycles. The maximum atomic E-state index is 7.60. The molecule has 0 fully saturated rings. The van der Waals surface area contributed by atoms with Crippen molar-refractivity contribution in [3.8, 4) is 5.75 Å². The Bertz CT molecular complexity index is 642. The molecular formula is C18H22N2O. The van der Waals surface area contributed by atoms with E-state index in [1.54, 1.807) is 0 Å². The summed E-state index contributed by atoms with van der Waals surface area (Å²) >= 11 is 0. The first-order chi connectivity index (χ1) is 9.88. The number of benzene rings is 2. The summed E-state index contributed by atoms with van der Waals surface area (Å²) in [5.41, 5.74) is 8.57. The Morgan fingerprint density at radius 2 is 1.81 bits per heavy atom. The minimum Gasteiger partial charge on any atom is -0.489 e. The molecule has 0 amide bonds. The number of nitrogens with two attached hydrogens (primary N) is 1. The minimum absolute atomic E-state index is 0.0673. The lowest BCUT2D eigenvalue weighted by Crippen LogP contribution is -2.15. The molecule has 2 aromatic rings. The molecule has 0 unspecified atom stereocenters. The summed E-state index contributed by atoms with van der Waals surface area (Å²) < 4.78 is 5.87. The largest absolute Gasteiger partial charge is 0.489 e. The third kappa shape index (κ3) is 3.85. The van der Waals surface area contributed by atoms with Gasteiger partial charge in [-0.05, 0) is 23.1 Å². The molecule has 0 spiro atoms. The van der Waals surface area contributed by atoms with Gasteiger partial charge in [-0.2, -0.15) is 0 Å². The molecule has 0 aliphatic carbocycles. The SMILES string of the molecule is CC(C)(C)c1cccc(OCc2ccccc2C(=N)N)c1. The van der Waals surface area contributed by atoms with Gasteiger partial charge in [-0.3, -0.25) is 5.41 Å². The van der Waals surface area contributed by atoms with Crippen LogP contribution in [0.15, 0.2) is 48.5 Å². The van der Waals surface area contributed by atoms with Gasteiger partial charge in [0.1, 0.15) is 18.2 Å². The van der Waals surface area contributed by atoms with Crippen molar-refractivity contribution >= 4 is 5.84 Å².